The molecule has 0 spiro atoms. The normalized spacial score (nSPS) is 13.0. The van der Waals surface area contributed by atoms with E-state index in [1.54, 1.807) is 0 Å². The minimum atomic E-state index is -0.511. The molecule has 0 radical (unpaired) electrons. The molecular weight excluding hydrogens is 775 g/mol. The average molecular weight is 821 g/mol. The van der Waals surface area contributed by atoms with E-state index in [1.165, 1.54) is 10.8 Å². The molecule has 1 heterocycles. The highest BCUT2D eigenvalue weighted by Crippen LogP contribution is 2.39. The fourth-order valence-corrected chi connectivity index (χ4v) is 8.71. The summed E-state index contributed by atoms with van der Waals surface area (Å²) in [5.41, 5.74) is 8.42. The van der Waals surface area contributed by atoms with Gasteiger partial charge in [0.2, 0.25) is 0 Å². The van der Waals surface area contributed by atoms with Gasteiger partial charge in [0.15, 0.2) is 17.5 Å². The van der Waals surface area contributed by atoms with Crippen molar-refractivity contribution in [1.29, 1.82) is 0 Å². The second-order valence-corrected chi connectivity index (χ2v) is 15.9. The Balaban J connectivity index is 1.11. The summed E-state index contributed by atoms with van der Waals surface area (Å²) in [5.74, 6) is 1.20. The highest BCUT2D eigenvalue weighted by atomic mass is 15.0. The largest absolute Gasteiger partial charge is 0.208 e. The SMILES string of the molecule is [2H]c1c([2H])c([2H])c2c(-c3cc(-c4ccc5cc(-c6ccc7ccccc7c6)ccc5c4)cc(-c4nc(-c5ccccc5)nc(-c5cc(-c6ccccc6)cc6ccccc56)n4)c3)c([2H])c([2H])c([2H])c2c1[2H]. The first-order valence-corrected chi connectivity index (χ1v) is 21.2. The lowest BCUT2D eigenvalue weighted by Crippen LogP contribution is -2.01. The minimum Gasteiger partial charge on any atom is -0.208 e. The first-order valence-electron chi connectivity index (χ1n) is 24.7. The second kappa shape index (κ2) is 15.7. The molecule has 0 fully saturated rings. The fourth-order valence-electron chi connectivity index (χ4n) is 8.71. The van der Waals surface area contributed by atoms with Gasteiger partial charge in [-0.2, -0.15) is 0 Å². The monoisotopic (exact) mass is 820 g/mol. The molecular formula is C61H39N3. The molecule has 298 valence electrons. The van der Waals surface area contributed by atoms with E-state index in [-0.39, 0.29) is 22.4 Å². The summed E-state index contributed by atoms with van der Waals surface area (Å²) in [6.45, 7) is 0. The molecule has 0 bridgehead atoms. The van der Waals surface area contributed by atoms with Gasteiger partial charge in [-0.3, -0.25) is 0 Å². The first-order chi connectivity index (χ1) is 34.6. The van der Waals surface area contributed by atoms with Crippen molar-refractivity contribution in [2.24, 2.45) is 0 Å². The molecule has 0 N–H and O–H groups in total. The standard InChI is InChI=1S/C61H39N3/c1-3-14-40(15-4-1)52-35-50-21-10-12-24-56(50)58(39-52)61-63-59(43-18-5-2-6-19-43)62-60(64-61)54-37-51(36-53(38-54)57-25-13-22-42-17-9-11-23-55(42)57)49-31-30-47-33-46(28-29-48(47)34-49)45-27-26-41-16-7-8-20-44(41)32-45/h1-39H/i9D,11D,13D,17D,22D,23D,25D. The fraction of sp³-hybridized carbons (Fsp3) is 0. The predicted octanol–water partition coefficient (Wildman–Crippen LogP) is 16.2. The summed E-state index contributed by atoms with van der Waals surface area (Å²) in [6, 6.07) is 62.4. The molecule has 1 aromatic heterocycles. The van der Waals surface area contributed by atoms with Crippen LogP contribution in [0, 0.1) is 0 Å². The number of fused-ring (bicyclic) bond motifs is 4. The van der Waals surface area contributed by atoms with Gasteiger partial charge < -0.3 is 0 Å². The molecule has 11 aromatic carbocycles. The number of aromatic nitrogens is 3. The van der Waals surface area contributed by atoms with Crippen LogP contribution in [-0.4, -0.2) is 15.0 Å². The highest BCUT2D eigenvalue weighted by Gasteiger charge is 2.18. The van der Waals surface area contributed by atoms with Crippen LogP contribution in [0.2, 0.25) is 0 Å². The Kier molecular flexibility index (Phi) is 7.50. The maximum atomic E-state index is 9.40. The zero-order chi connectivity index (χ0) is 48.5. The quantitative estimate of drug-likeness (QED) is 0.161. The Morgan fingerprint density at radius 1 is 0.250 bits per heavy atom. The summed E-state index contributed by atoms with van der Waals surface area (Å²) in [7, 11) is 0. The van der Waals surface area contributed by atoms with Crippen molar-refractivity contribution in [3.63, 3.8) is 0 Å². The van der Waals surface area contributed by atoms with Crippen molar-refractivity contribution in [3.8, 4) is 78.7 Å². The topological polar surface area (TPSA) is 38.7 Å². The van der Waals surface area contributed by atoms with Gasteiger partial charge in [-0.25, -0.2) is 15.0 Å². The van der Waals surface area contributed by atoms with Crippen LogP contribution >= 0.6 is 0 Å². The highest BCUT2D eigenvalue weighted by molar-refractivity contribution is 6.01. The van der Waals surface area contributed by atoms with Crippen molar-refractivity contribution in [2.45, 2.75) is 0 Å². The number of hydrogen-bond donors (Lipinski definition) is 0. The van der Waals surface area contributed by atoms with Gasteiger partial charge in [-0.15, -0.1) is 0 Å². The first kappa shape index (κ1) is 30.5. The van der Waals surface area contributed by atoms with Crippen LogP contribution in [0.4, 0.5) is 0 Å². The molecule has 64 heavy (non-hydrogen) atoms. The molecule has 0 aliphatic heterocycles. The smallest absolute Gasteiger partial charge is 0.164 e. The number of benzene rings is 11. The van der Waals surface area contributed by atoms with Gasteiger partial charge in [0, 0.05) is 16.7 Å². The van der Waals surface area contributed by atoms with Crippen LogP contribution in [0.3, 0.4) is 0 Å². The molecule has 3 heteroatoms. The van der Waals surface area contributed by atoms with Gasteiger partial charge in [0.25, 0.3) is 0 Å². The van der Waals surface area contributed by atoms with E-state index in [1.807, 2.05) is 97.1 Å². The molecule has 3 nitrogen and oxygen atoms in total. The molecule has 12 rings (SSSR count). The van der Waals surface area contributed by atoms with Crippen LogP contribution in [0.25, 0.3) is 122 Å². The molecule has 0 amide bonds. The molecule has 0 saturated heterocycles. The second-order valence-electron chi connectivity index (χ2n) is 15.9. The Bertz CT molecular complexity index is 4140. The maximum absolute atomic E-state index is 9.40. The third-order valence-corrected chi connectivity index (χ3v) is 11.9. The number of rotatable bonds is 7. The number of hydrogen-bond acceptors (Lipinski definition) is 3. The summed E-state index contributed by atoms with van der Waals surface area (Å²) < 4.78 is 62.5. The Morgan fingerprint density at radius 3 is 1.50 bits per heavy atom. The van der Waals surface area contributed by atoms with Gasteiger partial charge in [0.1, 0.15) is 0 Å². The van der Waals surface area contributed by atoms with Crippen LogP contribution in [0.5, 0.6) is 0 Å². The summed E-state index contributed by atoms with van der Waals surface area (Å²) in [4.78, 5) is 15.6. The lowest BCUT2D eigenvalue weighted by atomic mass is 9.92. The Morgan fingerprint density at radius 2 is 0.750 bits per heavy atom. The third kappa shape index (κ3) is 6.96. The van der Waals surface area contributed by atoms with Crippen molar-refractivity contribution < 1.29 is 9.60 Å². The van der Waals surface area contributed by atoms with Crippen LogP contribution in [0.1, 0.15) is 9.60 Å². The molecule has 0 aliphatic carbocycles. The van der Waals surface area contributed by atoms with Gasteiger partial charge >= 0.3 is 0 Å². The van der Waals surface area contributed by atoms with E-state index in [9.17, 15) is 1.37 Å². The molecule has 0 unspecified atom stereocenters. The molecule has 0 saturated carbocycles. The van der Waals surface area contributed by atoms with E-state index in [2.05, 4.69) is 97.1 Å². The molecule has 0 atom stereocenters. The zero-order valence-electron chi connectivity index (χ0n) is 41.3. The third-order valence-electron chi connectivity index (χ3n) is 11.9. The van der Waals surface area contributed by atoms with E-state index in [0.717, 1.165) is 60.5 Å². The van der Waals surface area contributed by atoms with Gasteiger partial charge in [-0.1, -0.05) is 188 Å². The van der Waals surface area contributed by atoms with Crippen LogP contribution < -0.4 is 0 Å². The summed E-state index contributed by atoms with van der Waals surface area (Å²) in [5, 5.41) is 6.22. The van der Waals surface area contributed by atoms with E-state index in [4.69, 9.17) is 23.2 Å². The Labute approximate surface area is 381 Å². The maximum Gasteiger partial charge on any atom is 0.164 e. The molecule has 12 aromatic rings. The Hall–Kier alpha value is -8.53. The van der Waals surface area contributed by atoms with E-state index >= 15 is 0 Å². The van der Waals surface area contributed by atoms with E-state index in [0.29, 0.717) is 34.2 Å². The van der Waals surface area contributed by atoms with Crippen LogP contribution in [-0.2, 0) is 0 Å². The van der Waals surface area contributed by atoms with Gasteiger partial charge in [-0.05, 0) is 136 Å². The lowest BCUT2D eigenvalue weighted by Gasteiger charge is -2.15. The average Bonchev–Trinajstić information content (AvgIpc) is 3.42. The van der Waals surface area contributed by atoms with Crippen molar-refractivity contribution in [1.82, 2.24) is 15.0 Å². The summed E-state index contributed by atoms with van der Waals surface area (Å²) in [6.07, 6.45) is 0. The summed E-state index contributed by atoms with van der Waals surface area (Å²) >= 11 is 0. The zero-order valence-corrected chi connectivity index (χ0v) is 34.3. The van der Waals surface area contributed by atoms with Crippen molar-refractivity contribution in [2.75, 3.05) is 0 Å². The minimum absolute atomic E-state index is 0.00432. The molecule has 0 aliphatic rings. The van der Waals surface area contributed by atoms with E-state index < -0.39 is 36.3 Å². The van der Waals surface area contributed by atoms with Crippen LogP contribution in [0.15, 0.2) is 236 Å². The lowest BCUT2D eigenvalue weighted by molar-refractivity contribution is 1.08. The van der Waals surface area contributed by atoms with Crippen molar-refractivity contribution in [3.05, 3.63) is 236 Å². The van der Waals surface area contributed by atoms with Crippen molar-refractivity contribution >= 4 is 43.1 Å². The predicted molar refractivity (Wildman–Crippen MR) is 268 cm³/mol. The van der Waals surface area contributed by atoms with Gasteiger partial charge in [0.05, 0.1) is 9.60 Å². The number of nitrogens with zero attached hydrogens (tertiary/aromatic N) is 3.